The SMILES string of the molecule is CCOC(=O)[C@@H]1CCCN(C(=O)c2cc3c(C)nn(Cc4ccc(F)cc4)c3s2)C1. The molecule has 1 fully saturated rings. The fourth-order valence-corrected chi connectivity index (χ4v) is 4.99. The van der Waals surface area contributed by atoms with Crippen molar-refractivity contribution in [2.24, 2.45) is 5.92 Å². The highest BCUT2D eigenvalue weighted by Gasteiger charge is 2.30. The molecule has 30 heavy (non-hydrogen) atoms. The molecule has 0 spiro atoms. The fraction of sp³-hybridized carbons (Fsp3) is 0.409. The molecule has 158 valence electrons. The van der Waals surface area contributed by atoms with Crippen molar-refractivity contribution >= 4 is 33.4 Å². The second-order valence-corrected chi connectivity index (χ2v) is 8.57. The van der Waals surface area contributed by atoms with Crippen LogP contribution < -0.4 is 0 Å². The van der Waals surface area contributed by atoms with Gasteiger partial charge >= 0.3 is 5.97 Å². The Morgan fingerprint density at radius 2 is 2.07 bits per heavy atom. The summed E-state index contributed by atoms with van der Waals surface area (Å²) in [5, 5.41) is 5.53. The fourth-order valence-electron chi connectivity index (χ4n) is 3.86. The van der Waals surface area contributed by atoms with Gasteiger partial charge in [-0.3, -0.25) is 14.3 Å². The lowest BCUT2D eigenvalue weighted by Gasteiger charge is -2.31. The van der Waals surface area contributed by atoms with Crippen molar-refractivity contribution in [3.63, 3.8) is 0 Å². The minimum Gasteiger partial charge on any atom is -0.466 e. The van der Waals surface area contributed by atoms with Gasteiger partial charge in [0.05, 0.1) is 29.6 Å². The first-order valence-corrected chi connectivity index (χ1v) is 10.9. The number of thiophene rings is 1. The molecular formula is C22H24FN3O3S. The van der Waals surface area contributed by atoms with Gasteiger partial charge < -0.3 is 9.64 Å². The number of aryl methyl sites for hydroxylation is 1. The molecule has 8 heteroatoms. The van der Waals surface area contributed by atoms with Crippen LogP contribution >= 0.6 is 11.3 Å². The van der Waals surface area contributed by atoms with Crippen LogP contribution in [0.5, 0.6) is 0 Å². The van der Waals surface area contributed by atoms with Gasteiger partial charge in [0.1, 0.15) is 10.6 Å². The van der Waals surface area contributed by atoms with E-state index >= 15 is 0 Å². The summed E-state index contributed by atoms with van der Waals surface area (Å²) in [5.41, 5.74) is 1.79. The van der Waals surface area contributed by atoms with Crippen LogP contribution in [-0.2, 0) is 16.1 Å². The number of hydrogen-bond donors (Lipinski definition) is 0. The predicted molar refractivity (Wildman–Crippen MR) is 113 cm³/mol. The van der Waals surface area contributed by atoms with Gasteiger partial charge in [-0.05, 0) is 50.5 Å². The van der Waals surface area contributed by atoms with Gasteiger partial charge in [0.2, 0.25) is 0 Å². The molecule has 0 N–H and O–H groups in total. The van der Waals surface area contributed by atoms with Crippen molar-refractivity contribution in [2.45, 2.75) is 33.2 Å². The number of nitrogens with zero attached hydrogens (tertiary/aromatic N) is 3. The number of esters is 1. The molecule has 3 aromatic rings. The normalized spacial score (nSPS) is 16.8. The number of fused-ring (bicyclic) bond motifs is 1. The van der Waals surface area contributed by atoms with Gasteiger partial charge in [0.25, 0.3) is 5.91 Å². The van der Waals surface area contributed by atoms with Crippen molar-refractivity contribution < 1.29 is 18.7 Å². The second-order valence-electron chi connectivity index (χ2n) is 7.54. The van der Waals surface area contributed by atoms with Crippen LogP contribution in [0.15, 0.2) is 30.3 Å². The standard InChI is InChI=1S/C22H24FN3O3S/c1-3-29-22(28)16-5-4-10-25(13-16)20(27)19-11-18-14(2)24-26(21(18)30-19)12-15-6-8-17(23)9-7-15/h6-9,11,16H,3-5,10,12-13H2,1-2H3/t16-/m1/s1. The van der Waals surface area contributed by atoms with E-state index in [1.165, 1.54) is 23.5 Å². The first-order valence-electron chi connectivity index (χ1n) is 10.1. The Balaban J connectivity index is 1.55. The zero-order valence-corrected chi connectivity index (χ0v) is 17.9. The Labute approximate surface area is 178 Å². The number of rotatable bonds is 5. The minimum absolute atomic E-state index is 0.0575. The zero-order chi connectivity index (χ0) is 21.3. The van der Waals surface area contributed by atoms with Crippen LogP contribution in [0, 0.1) is 18.7 Å². The van der Waals surface area contributed by atoms with Crippen LogP contribution in [0.2, 0.25) is 0 Å². The molecule has 1 amide bonds. The van der Waals surface area contributed by atoms with Crippen molar-refractivity contribution in [3.8, 4) is 0 Å². The summed E-state index contributed by atoms with van der Waals surface area (Å²) in [6, 6.07) is 8.23. The number of piperidine rings is 1. The molecule has 0 unspecified atom stereocenters. The van der Waals surface area contributed by atoms with Gasteiger partial charge in [0.15, 0.2) is 0 Å². The lowest BCUT2D eigenvalue weighted by atomic mass is 9.98. The van der Waals surface area contributed by atoms with Gasteiger partial charge in [0, 0.05) is 18.5 Å². The Bertz CT molecular complexity index is 1070. The number of likely N-dealkylation sites (tertiary alicyclic amines) is 1. The van der Waals surface area contributed by atoms with Crippen LogP contribution in [0.4, 0.5) is 4.39 Å². The van der Waals surface area contributed by atoms with Crippen molar-refractivity contribution in [2.75, 3.05) is 19.7 Å². The van der Waals surface area contributed by atoms with Gasteiger partial charge in [-0.25, -0.2) is 4.39 Å². The number of benzene rings is 1. The Hall–Kier alpha value is -2.74. The smallest absolute Gasteiger partial charge is 0.310 e. The predicted octanol–water partition coefficient (Wildman–Crippen LogP) is 4.01. The van der Waals surface area contributed by atoms with E-state index in [-0.39, 0.29) is 23.6 Å². The summed E-state index contributed by atoms with van der Waals surface area (Å²) in [7, 11) is 0. The number of hydrogen-bond acceptors (Lipinski definition) is 5. The second kappa shape index (κ2) is 8.55. The van der Waals surface area contributed by atoms with Gasteiger partial charge in [-0.1, -0.05) is 12.1 Å². The average molecular weight is 430 g/mol. The van der Waals surface area contributed by atoms with E-state index in [2.05, 4.69) is 5.10 Å². The lowest BCUT2D eigenvalue weighted by molar-refractivity contribution is -0.149. The maximum Gasteiger partial charge on any atom is 0.310 e. The van der Waals surface area contributed by atoms with Gasteiger partial charge in [-0.15, -0.1) is 11.3 Å². The number of ether oxygens (including phenoxy) is 1. The molecule has 0 bridgehead atoms. The molecular weight excluding hydrogens is 405 g/mol. The number of carbonyl (C=O) groups excluding carboxylic acids is 2. The van der Waals surface area contributed by atoms with E-state index in [0.29, 0.717) is 31.1 Å². The summed E-state index contributed by atoms with van der Waals surface area (Å²) in [6.45, 7) is 5.60. The molecule has 1 aliphatic rings. The molecule has 0 aliphatic carbocycles. The maximum atomic E-state index is 13.2. The number of amides is 1. The van der Waals surface area contributed by atoms with Crippen molar-refractivity contribution in [3.05, 3.63) is 52.3 Å². The van der Waals surface area contributed by atoms with Crippen LogP contribution in [0.3, 0.4) is 0 Å². The molecule has 0 saturated carbocycles. The molecule has 4 rings (SSSR count). The third-order valence-electron chi connectivity index (χ3n) is 5.39. The van der Waals surface area contributed by atoms with E-state index in [4.69, 9.17) is 4.74 Å². The Morgan fingerprint density at radius 1 is 1.30 bits per heavy atom. The Kier molecular flexibility index (Phi) is 5.85. The zero-order valence-electron chi connectivity index (χ0n) is 17.1. The average Bonchev–Trinajstić information content (AvgIpc) is 3.31. The Morgan fingerprint density at radius 3 is 2.80 bits per heavy atom. The topological polar surface area (TPSA) is 64.4 Å². The molecule has 1 saturated heterocycles. The minimum atomic E-state index is -0.271. The highest BCUT2D eigenvalue weighted by Crippen LogP contribution is 2.31. The van der Waals surface area contributed by atoms with Gasteiger partial charge in [-0.2, -0.15) is 5.10 Å². The molecule has 1 aliphatic heterocycles. The summed E-state index contributed by atoms with van der Waals surface area (Å²) in [5.74, 6) is -0.810. The van der Waals surface area contributed by atoms with E-state index in [9.17, 15) is 14.0 Å². The third kappa shape index (κ3) is 4.09. The van der Waals surface area contributed by atoms with Crippen LogP contribution in [-0.4, -0.2) is 46.3 Å². The van der Waals surface area contributed by atoms with E-state index in [1.807, 2.05) is 17.7 Å². The highest BCUT2D eigenvalue weighted by atomic mass is 32.1. The summed E-state index contributed by atoms with van der Waals surface area (Å²) >= 11 is 1.41. The number of aromatic nitrogens is 2. The lowest BCUT2D eigenvalue weighted by Crippen LogP contribution is -2.42. The number of carbonyl (C=O) groups is 2. The molecule has 1 atom stereocenters. The summed E-state index contributed by atoms with van der Waals surface area (Å²) < 4.78 is 20.2. The third-order valence-corrected chi connectivity index (χ3v) is 6.53. The van der Waals surface area contributed by atoms with Crippen LogP contribution in [0.25, 0.3) is 10.2 Å². The first-order chi connectivity index (χ1) is 14.5. The monoisotopic (exact) mass is 429 g/mol. The molecule has 2 aromatic heterocycles. The largest absolute Gasteiger partial charge is 0.466 e. The number of halogens is 1. The van der Waals surface area contributed by atoms with E-state index < -0.39 is 0 Å². The van der Waals surface area contributed by atoms with Crippen LogP contribution in [0.1, 0.15) is 40.7 Å². The summed E-state index contributed by atoms with van der Waals surface area (Å²) in [4.78, 5) is 28.5. The molecule has 6 nitrogen and oxygen atoms in total. The first kappa shape index (κ1) is 20.5. The maximum absolute atomic E-state index is 13.2. The molecule has 1 aromatic carbocycles. The molecule has 3 heterocycles. The van der Waals surface area contributed by atoms with E-state index in [1.54, 1.807) is 24.0 Å². The highest BCUT2D eigenvalue weighted by molar-refractivity contribution is 7.20. The quantitative estimate of drug-likeness (QED) is 0.575. The summed E-state index contributed by atoms with van der Waals surface area (Å²) in [6.07, 6.45) is 1.54. The molecule has 0 radical (unpaired) electrons. The van der Waals surface area contributed by atoms with E-state index in [0.717, 1.165) is 34.3 Å². The van der Waals surface area contributed by atoms with Crippen molar-refractivity contribution in [1.82, 2.24) is 14.7 Å². The van der Waals surface area contributed by atoms with Crippen molar-refractivity contribution in [1.29, 1.82) is 0 Å².